The number of primary amides is 1. The molecule has 1 amide bonds. The van der Waals surface area contributed by atoms with Crippen molar-refractivity contribution >= 4 is 17.4 Å². The summed E-state index contributed by atoms with van der Waals surface area (Å²) in [5.74, 6) is 0.260. The lowest BCUT2D eigenvalue weighted by Crippen LogP contribution is -2.20. The summed E-state index contributed by atoms with van der Waals surface area (Å²) in [4.78, 5) is 14.5. The van der Waals surface area contributed by atoms with Crippen LogP contribution in [0.1, 0.15) is 5.56 Å². The van der Waals surface area contributed by atoms with Gasteiger partial charge in [-0.15, -0.1) is 0 Å². The van der Waals surface area contributed by atoms with Crippen molar-refractivity contribution in [1.82, 2.24) is 4.98 Å². The average Bonchev–Trinajstić information content (AvgIpc) is 2.22. The van der Waals surface area contributed by atoms with E-state index in [9.17, 15) is 4.79 Å². The van der Waals surface area contributed by atoms with E-state index in [1.54, 1.807) is 6.20 Å². The minimum Gasteiger partial charge on any atom is -0.397 e. The number of pyridine rings is 1. The van der Waals surface area contributed by atoms with Crippen molar-refractivity contribution in [3.05, 3.63) is 17.8 Å². The van der Waals surface area contributed by atoms with E-state index in [4.69, 9.17) is 16.2 Å². The van der Waals surface area contributed by atoms with Crippen LogP contribution in [0.4, 0.5) is 11.5 Å². The molecule has 0 aliphatic heterocycles. The highest BCUT2D eigenvalue weighted by Gasteiger charge is 1.98. The van der Waals surface area contributed by atoms with Gasteiger partial charge in [0, 0.05) is 6.54 Å². The topological polar surface area (TPSA) is 103 Å². The lowest BCUT2D eigenvalue weighted by Gasteiger charge is -2.07. The van der Waals surface area contributed by atoms with Crippen LogP contribution in [0, 0.1) is 6.92 Å². The summed E-state index contributed by atoms with van der Waals surface area (Å²) >= 11 is 0. The van der Waals surface area contributed by atoms with Gasteiger partial charge in [0.05, 0.1) is 18.5 Å². The van der Waals surface area contributed by atoms with E-state index in [0.717, 1.165) is 11.4 Å². The van der Waals surface area contributed by atoms with Gasteiger partial charge in [-0.25, -0.2) is 4.98 Å². The second kappa shape index (κ2) is 5.92. The molecule has 0 aliphatic rings. The molecule has 16 heavy (non-hydrogen) atoms. The summed E-state index contributed by atoms with van der Waals surface area (Å²) in [7, 11) is 0. The Morgan fingerprint density at radius 1 is 1.62 bits per heavy atom. The summed E-state index contributed by atoms with van der Waals surface area (Å²) in [6.07, 6.45) is 1.60. The van der Waals surface area contributed by atoms with E-state index in [0.29, 0.717) is 18.8 Å². The van der Waals surface area contributed by atoms with Crippen molar-refractivity contribution < 1.29 is 9.53 Å². The van der Waals surface area contributed by atoms with Crippen LogP contribution in [-0.2, 0) is 9.53 Å². The highest BCUT2D eigenvalue weighted by molar-refractivity contribution is 5.74. The minimum absolute atomic E-state index is 0.0596. The number of carbonyl (C=O) groups is 1. The fourth-order valence-electron chi connectivity index (χ4n) is 1.09. The molecule has 0 radical (unpaired) electrons. The van der Waals surface area contributed by atoms with Gasteiger partial charge in [0.25, 0.3) is 0 Å². The van der Waals surface area contributed by atoms with Crippen LogP contribution >= 0.6 is 0 Å². The number of nitrogen functional groups attached to an aromatic ring is 1. The molecule has 0 bridgehead atoms. The van der Waals surface area contributed by atoms with Gasteiger partial charge in [0.1, 0.15) is 12.4 Å². The smallest absolute Gasteiger partial charge is 0.243 e. The first-order valence-corrected chi connectivity index (χ1v) is 4.91. The normalized spacial score (nSPS) is 10.1. The summed E-state index contributed by atoms with van der Waals surface area (Å²) in [5.41, 5.74) is 12.2. The molecule has 1 aromatic rings. The zero-order chi connectivity index (χ0) is 12.0. The lowest BCUT2D eigenvalue weighted by atomic mass is 10.2. The predicted octanol–water partition coefficient (Wildman–Crippen LogP) is -0.114. The Labute approximate surface area is 94.0 Å². The predicted molar refractivity (Wildman–Crippen MR) is 61.9 cm³/mol. The molecule has 0 aliphatic carbocycles. The Morgan fingerprint density at radius 2 is 2.38 bits per heavy atom. The number of rotatable bonds is 6. The Morgan fingerprint density at radius 3 is 3.00 bits per heavy atom. The average molecular weight is 224 g/mol. The number of aromatic nitrogens is 1. The Hall–Kier alpha value is -1.82. The van der Waals surface area contributed by atoms with E-state index in [-0.39, 0.29) is 6.61 Å². The molecule has 0 atom stereocenters. The summed E-state index contributed by atoms with van der Waals surface area (Å²) < 4.78 is 4.98. The van der Waals surface area contributed by atoms with Gasteiger partial charge in [-0.3, -0.25) is 4.79 Å². The number of nitrogens with two attached hydrogens (primary N) is 2. The van der Waals surface area contributed by atoms with E-state index in [1.807, 2.05) is 13.0 Å². The van der Waals surface area contributed by atoms with E-state index < -0.39 is 5.91 Å². The number of aryl methyl sites for hydroxylation is 1. The van der Waals surface area contributed by atoms with Crippen molar-refractivity contribution in [3.63, 3.8) is 0 Å². The number of hydrogen-bond acceptors (Lipinski definition) is 5. The highest BCUT2D eigenvalue weighted by Crippen LogP contribution is 2.12. The number of nitrogens with one attached hydrogen (secondary N) is 1. The molecule has 1 rings (SSSR count). The third-order valence-corrected chi connectivity index (χ3v) is 1.95. The molecule has 1 heterocycles. The Balaban J connectivity index is 2.27. The van der Waals surface area contributed by atoms with Crippen LogP contribution in [-0.4, -0.2) is 30.6 Å². The number of carbonyl (C=O) groups excluding carboxylic acids is 1. The van der Waals surface area contributed by atoms with Crippen LogP contribution in [0.3, 0.4) is 0 Å². The molecule has 0 aromatic carbocycles. The molecular weight excluding hydrogens is 208 g/mol. The molecule has 0 spiro atoms. The Bertz CT molecular complexity index is 368. The maximum atomic E-state index is 10.4. The monoisotopic (exact) mass is 224 g/mol. The van der Waals surface area contributed by atoms with Crippen molar-refractivity contribution in [2.24, 2.45) is 5.73 Å². The van der Waals surface area contributed by atoms with Gasteiger partial charge < -0.3 is 21.5 Å². The number of anilines is 2. The van der Waals surface area contributed by atoms with Gasteiger partial charge >= 0.3 is 0 Å². The zero-order valence-electron chi connectivity index (χ0n) is 9.19. The maximum Gasteiger partial charge on any atom is 0.243 e. The summed E-state index contributed by atoms with van der Waals surface area (Å²) in [6.45, 7) is 2.80. The second-order valence-corrected chi connectivity index (χ2v) is 3.37. The minimum atomic E-state index is -0.471. The van der Waals surface area contributed by atoms with Crippen LogP contribution in [0.5, 0.6) is 0 Å². The number of amides is 1. The lowest BCUT2D eigenvalue weighted by molar-refractivity contribution is -0.122. The highest BCUT2D eigenvalue weighted by atomic mass is 16.5. The second-order valence-electron chi connectivity index (χ2n) is 3.37. The molecule has 6 nitrogen and oxygen atoms in total. The Kier molecular flexibility index (Phi) is 4.53. The zero-order valence-corrected chi connectivity index (χ0v) is 9.19. The molecule has 0 fully saturated rings. The molecule has 1 aromatic heterocycles. The van der Waals surface area contributed by atoms with Crippen LogP contribution in [0.15, 0.2) is 12.3 Å². The first-order valence-electron chi connectivity index (χ1n) is 4.91. The van der Waals surface area contributed by atoms with E-state index in [2.05, 4.69) is 10.3 Å². The van der Waals surface area contributed by atoms with E-state index >= 15 is 0 Å². The number of nitrogens with zero attached hydrogens (tertiary/aromatic N) is 1. The standard InChI is InChI=1S/C10H16N4O2/c1-7-4-10(14-5-8(7)11)13-2-3-16-6-9(12)15/h4-5H,2-3,6,11H2,1H3,(H2,12,15)(H,13,14). The van der Waals surface area contributed by atoms with Gasteiger partial charge in [-0.2, -0.15) is 0 Å². The van der Waals surface area contributed by atoms with Crippen molar-refractivity contribution in [2.45, 2.75) is 6.92 Å². The molecule has 6 heteroatoms. The van der Waals surface area contributed by atoms with Crippen molar-refractivity contribution in [1.29, 1.82) is 0 Å². The van der Waals surface area contributed by atoms with Gasteiger partial charge in [0.15, 0.2) is 0 Å². The van der Waals surface area contributed by atoms with Crippen LogP contribution in [0.25, 0.3) is 0 Å². The number of hydrogen-bond donors (Lipinski definition) is 3. The third kappa shape index (κ3) is 4.14. The van der Waals surface area contributed by atoms with Gasteiger partial charge in [-0.1, -0.05) is 0 Å². The molecule has 0 unspecified atom stereocenters. The van der Waals surface area contributed by atoms with Crippen molar-refractivity contribution in [2.75, 3.05) is 30.8 Å². The summed E-state index contributed by atoms with van der Waals surface area (Å²) in [5, 5.41) is 3.04. The van der Waals surface area contributed by atoms with Gasteiger partial charge in [0.2, 0.25) is 5.91 Å². The third-order valence-electron chi connectivity index (χ3n) is 1.95. The van der Waals surface area contributed by atoms with Gasteiger partial charge in [-0.05, 0) is 18.6 Å². The largest absolute Gasteiger partial charge is 0.397 e. The quantitative estimate of drug-likeness (QED) is 0.585. The van der Waals surface area contributed by atoms with Crippen molar-refractivity contribution in [3.8, 4) is 0 Å². The SMILES string of the molecule is Cc1cc(NCCOCC(N)=O)ncc1N. The molecule has 0 saturated heterocycles. The first-order chi connectivity index (χ1) is 7.59. The molecular formula is C10H16N4O2. The molecule has 0 saturated carbocycles. The van der Waals surface area contributed by atoms with Crippen LogP contribution < -0.4 is 16.8 Å². The molecule has 5 N–H and O–H groups in total. The fraction of sp³-hybridized carbons (Fsp3) is 0.400. The summed E-state index contributed by atoms with van der Waals surface area (Å²) in [6, 6.07) is 1.85. The fourth-order valence-corrected chi connectivity index (χ4v) is 1.09. The number of ether oxygens (including phenoxy) is 1. The van der Waals surface area contributed by atoms with E-state index in [1.165, 1.54) is 0 Å². The first kappa shape index (κ1) is 12.3. The maximum absolute atomic E-state index is 10.4. The van der Waals surface area contributed by atoms with Crippen LogP contribution in [0.2, 0.25) is 0 Å². The molecule has 88 valence electrons.